The van der Waals surface area contributed by atoms with Crippen molar-refractivity contribution >= 4 is 7.37 Å². The molecule has 1 aromatic carbocycles. The van der Waals surface area contributed by atoms with Gasteiger partial charge in [-0.2, -0.15) is 0 Å². The van der Waals surface area contributed by atoms with E-state index < -0.39 is 7.37 Å². The van der Waals surface area contributed by atoms with Crippen molar-refractivity contribution in [2.75, 3.05) is 12.8 Å². The Bertz CT molecular complexity index is 333. The minimum Gasteiger partial charge on any atom is -0.443 e. The molecule has 1 rings (SSSR count). The van der Waals surface area contributed by atoms with Gasteiger partial charge in [0.15, 0.2) is 0 Å². The molecule has 0 aliphatic heterocycles. The summed E-state index contributed by atoms with van der Waals surface area (Å²) in [6.45, 7) is 5.52. The summed E-state index contributed by atoms with van der Waals surface area (Å²) in [7, 11) is -2.42. The lowest BCUT2D eigenvalue weighted by molar-refractivity contribution is 0.489. The molecule has 1 unspecified atom stereocenters. The zero-order valence-electron chi connectivity index (χ0n) is 8.28. The highest BCUT2D eigenvalue weighted by Crippen LogP contribution is 2.42. The summed E-state index contributed by atoms with van der Waals surface area (Å²) < 4.78 is 17.0. The molecule has 13 heavy (non-hydrogen) atoms. The smallest absolute Gasteiger partial charge is 0.244 e. The monoisotopic (exact) mass is 198 g/mol. The summed E-state index contributed by atoms with van der Waals surface area (Å²) in [4.78, 5) is 0. The fourth-order valence-corrected chi connectivity index (χ4v) is 1.65. The van der Waals surface area contributed by atoms with Crippen LogP contribution >= 0.6 is 7.37 Å². The van der Waals surface area contributed by atoms with Gasteiger partial charge in [-0.05, 0) is 24.6 Å². The molecule has 0 bridgehead atoms. The van der Waals surface area contributed by atoms with Crippen LogP contribution in [0.25, 0.3) is 0 Å². The lowest BCUT2D eigenvalue weighted by atomic mass is 10.2. The van der Waals surface area contributed by atoms with Crippen molar-refractivity contribution in [1.82, 2.24) is 0 Å². The first kappa shape index (κ1) is 10.3. The van der Waals surface area contributed by atoms with Crippen molar-refractivity contribution in [1.29, 1.82) is 0 Å². The van der Waals surface area contributed by atoms with E-state index in [0.29, 0.717) is 11.9 Å². The fraction of sp³-hybridized carbons (Fsp3) is 0.400. The molecular formula is C10H15O2P. The van der Waals surface area contributed by atoms with Gasteiger partial charge in [0.2, 0.25) is 7.37 Å². The SMILES string of the molecule is CCP(C)(=O)Oc1cccc(C)c1. The molecule has 0 fully saturated rings. The lowest BCUT2D eigenvalue weighted by Gasteiger charge is -2.13. The molecule has 3 heteroatoms. The molecule has 0 amide bonds. The van der Waals surface area contributed by atoms with E-state index in [1.54, 1.807) is 6.66 Å². The largest absolute Gasteiger partial charge is 0.443 e. The number of hydrogen-bond donors (Lipinski definition) is 0. The van der Waals surface area contributed by atoms with Crippen molar-refractivity contribution in [2.24, 2.45) is 0 Å². The van der Waals surface area contributed by atoms with Crippen LogP contribution < -0.4 is 4.52 Å². The first-order chi connectivity index (χ1) is 6.03. The molecule has 0 N–H and O–H groups in total. The van der Waals surface area contributed by atoms with E-state index >= 15 is 0 Å². The summed E-state index contributed by atoms with van der Waals surface area (Å²) in [5.74, 6) is 0.702. The van der Waals surface area contributed by atoms with Gasteiger partial charge in [-0.25, -0.2) is 0 Å². The maximum Gasteiger partial charge on any atom is 0.244 e. The molecule has 0 aliphatic rings. The van der Waals surface area contributed by atoms with Gasteiger partial charge in [-0.1, -0.05) is 19.1 Å². The molecule has 1 aromatic rings. The molecule has 0 aliphatic carbocycles. The Kier molecular flexibility index (Phi) is 3.16. The molecule has 0 saturated carbocycles. The summed E-state index contributed by atoms with van der Waals surface area (Å²) >= 11 is 0. The van der Waals surface area contributed by atoms with Crippen LogP contribution in [0.15, 0.2) is 24.3 Å². The van der Waals surface area contributed by atoms with E-state index in [4.69, 9.17) is 4.52 Å². The van der Waals surface area contributed by atoms with Gasteiger partial charge in [0.25, 0.3) is 0 Å². The second-order valence-corrected chi connectivity index (χ2v) is 6.08. The summed E-state index contributed by atoms with van der Waals surface area (Å²) in [5, 5.41) is 0. The number of hydrogen-bond acceptors (Lipinski definition) is 2. The Morgan fingerprint density at radius 1 is 1.46 bits per heavy atom. The molecule has 1 atom stereocenters. The van der Waals surface area contributed by atoms with E-state index in [-0.39, 0.29) is 0 Å². The third-order valence-corrected chi connectivity index (χ3v) is 3.61. The Balaban J connectivity index is 2.81. The van der Waals surface area contributed by atoms with E-state index in [1.807, 2.05) is 38.1 Å². The molecular weight excluding hydrogens is 183 g/mol. The molecule has 0 aromatic heterocycles. The van der Waals surface area contributed by atoms with Gasteiger partial charge in [-0.3, -0.25) is 4.57 Å². The quantitative estimate of drug-likeness (QED) is 0.696. The lowest BCUT2D eigenvalue weighted by Crippen LogP contribution is -1.93. The third-order valence-electron chi connectivity index (χ3n) is 1.86. The van der Waals surface area contributed by atoms with Gasteiger partial charge >= 0.3 is 0 Å². The predicted molar refractivity (Wildman–Crippen MR) is 55.9 cm³/mol. The maximum atomic E-state index is 11.6. The molecule has 2 nitrogen and oxygen atoms in total. The van der Waals surface area contributed by atoms with Crippen molar-refractivity contribution in [3.05, 3.63) is 29.8 Å². The maximum absolute atomic E-state index is 11.6. The highest BCUT2D eigenvalue weighted by Gasteiger charge is 2.13. The first-order valence-corrected chi connectivity index (χ1v) is 6.62. The minimum absolute atomic E-state index is 0.570. The van der Waals surface area contributed by atoms with Crippen LogP contribution in [-0.2, 0) is 4.57 Å². The average Bonchev–Trinajstić information content (AvgIpc) is 2.03. The number of rotatable bonds is 3. The van der Waals surface area contributed by atoms with Crippen molar-refractivity contribution in [2.45, 2.75) is 13.8 Å². The second kappa shape index (κ2) is 3.97. The van der Waals surface area contributed by atoms with Crippen molar-refractivity contribution in [3.63, 3.8) is 0 Å². The van der Waals surface area contributed by atoms with Crippen LogP contribution in [0, 0.1) is 6.92 Å². The summed E-state index contributed by atoms with van der Waals surface area (Å²) in [6.07, 6.45) is 0.570. The van der Waals surface area contributed by atoms with Gasteiger partial charge in [0.1, 0.15) is 5.75 Å². The molecule has 0 saturated heterocycles. The van der Waals surface area contributed by atoms with E-state index in [9.17, 15) is 4.57 Å². The number of benzene rings is 1. The molecule has 0 heterocycles. The standard InChI is InChI=1S/C10H15O2P/c1-4-13(3,11)12-10-7-5-6-9(2)8-10/h5-8H,4H2,1-3H3. The van der Waals surface area contributed by atoms with Gasteiger partial charge < -0.3 is 4.52 Å². The average molecular weight is 198 g/mol. The topological polar surface area (TPSA) is 26.3 Å². The second-order valence-electron chi connectivity index (χ2n) is 3.24. The van der Waals surface area contributed by atoms with Crippen LogP contribution in [0.1, 0.15) is 12.5 Å². The Labute approximate surface area is 79.4 Å². The van der Waals surface area contributed by atoms with E-state index in [1.165, 1.54) is 0 Å². The summed E-state index contributed by atoms with van der Waals surface area (Å²) in [6, 6.07) is 7.62. The Morgan fingerprint density at radius 3 is 2.69 bits per heavy atom. The minimum atomic E-state index is -2.42. The van der Waals surface area contributed by atoms with Crippen molar-refractivity contribution in [3.8, 4) is 5.75 Å². The van der Waals surface area contributed by atoms with Gasteiger partial charge in [0, 0.05) is 12.8 Å². The predicted octanol–water partition coefficient (Wildman–Crippen LogP) is 3.30. The van der Waals surface area contributed by atoms with Gasteiger partial charge in [-0.15, -0.1) is 0 Å². The fourth-order valence-electron chi connectivity index (χ4n) is 0.960. The Hall–Kier alpha value is -0.750. The zero-order valence-corrected chi connectivity index (χ0v) is 9.17. The van der Waals surface area contributed by atoms with E-state index in [0.717, 1.165) is 5.56 Å². The van der Waals surface area contributed by atoms with Crippen LogP contribution in [0.2, 0.25) is 0 Å². The third kappa shape index (κ3) is 3.23. The van der Waals surface area contributed by atoms with Crippen LogP contribution in [-0.4, -0.2) is 12.8 Å². The van der Waals surface area contributed by atoms with Crippen LogP contribution in [0.4, 0.5) is 0 Å². The molecule has 0 radical (unpaired) electrons. The zero-order chi connectivity index (χ0) is 9.90. The van der Waals surface area contributed by atoms with Crippen LogP contribution in [0.5, 0.6) is 5.75 Å². The highest BCUT2D eigenvalue weighted by atomic mass is 31.2. The van der Waals surface area contributed by atoms with Crippen molar-refractivity contribution < 1.29 is 9.09 Å². The van der Waals surface area contributed by atoms with Gasteiger partial charge in [0.05, 0.1) is 0 Å². The Morgan fingerprint density at radius 2 is 2.15 bits per heavy atom. The molecule has 72 valence electrons. The molecule has 0 spiro atoms. The summed E-state index contributed by atoms with van der Waals surface area (Å²) in [5.41, 5.74) is 1.12. The van der Waals surface area contributed by atoms with Crippen LogP contribution in [0.3, 0.4) is 0 Å². The first-order valence-electron chi connectivity index (χ1n) is 4.36. The normalized spacial score (nSPS) is 15.0. The number of aryl methyl sites for hydroxylation is 1. The van der Waals surface area contributed by atoms with E-state index in [2.05, 4.69) is 0 Å². The highest BCUT2D eigenvalue weighted by molar-refractivity contribution is 7.58.